The van der Waals surface area contributed by atoms with Crippen molar-refractivity contribution in [3.63, 3.8) is 0 Å². The Morgan fingerprint density at radius 3 is 2.64 bits per heavy atom. The summed E-state index contributed by atoms with van der Waals surface area (Å²) in [5.41, 5.74) is 0.629. The molecule has 1 aromatic carbocycles. The van der Waals surface area contributed by atoms with Crippen LogP contribution in [0.5, 0.6) is 5.75 Å². The summed E-state index contributed by atoms with van der Waals surface area (Å²) in [6.45, 7) is 5.47. The van der Waals surface area contributed by atoms with Crippen molar-refractivity contribution in [3.05, 3.63) is 45.1 Å². The Kier molecular flexibility index (Phi) is 5.58. The molecule has 0 fully saturated rings. The lowest BCUT2D eigenvalue weighted by atomic mass is 9.94. The Morgan fingerprint density at radius 1 is 1.32 bits per heavy atom. The quantitative estimate of drug-likeness (QED) is 0.461. The van der Waals surface area contributed by atoms with Gasteiger partial charge in [0.15, 0.2) is 0 Å². The van der Waals surface area contributed by atoms with Crippen LogP contribution in [0.4, 0.5) is 10.5 Å². The first-order valence-corrected chi connectivity index (χ1v) is 7.75. The summed E-state index contributed by atoms with van der Waals surface area (Å²) in [4.78, 5) is 34.8. The maximum Gasteiger partial charge on any atom is 0.338 e. The molecule has 1 aliphatic rings. The number of rotatable bonds is 6. The van der Waals surface area contributed by atoms with Gasteiger partial charge in [-0.3, -0.25) is 10.1 Å². The molecule has 0 spiro atoms. The Labute approximate surface area is 144 Å². The van der Waals surface area contributed by atoms with Gasteiger partial charge in [0.05, 0.1) is 29.8 Å². The topological polar surface area (TPSA) is 120 Å². The molecule has 0 bridgehead atoms. The van der Waals surface area contributed by atoms with Crippen molar-refractivity contribution in [2.75, 3.05) is 13.2 Å². The van der Waals surface area contributed by atoms with Gasteiger partial charge in [-0.15, -0.1) is 0 Å². The second-order valence-corrected chi connectivity index (χ2v) is 5.20. The highest BCUT2D eigenvalue weighted by molar-refractivity contribution is 5.95. The molecule has 0 aliphatic carbocycles. The molecule has 1 atom stereocenters. The molecule has 9 heteroatoms. The van der Waals surface area contributed by atoms with E-state index in [0.29, 0.717) is 23.6 Å². The van der Waals surface area contributed by atoms with Crippen LogP contribution in [0.2, 0.25) is 0 Å². The molecule has 9 nitrogen and oxygen atoms in total. The lowest BCUT2D eigenvalue weighted by Crippen LogP contribution is -2.45. The number of nitro benzene ring substituents is 1. The van der Waals surface area contributed by atoms with Crippen molar-refractivity contribution < 1.29 is 24.0 Å². The lowest BCUT2D eigenvalue weighted by Gasteiger charge is -2.29. The summed E-state index contributed by atoms with van der Waals surface area (Å²) < 4.78 is 10.6. The van der Waals surface area contributed by atoms with E-state index in [0.717, 1.165) is 0 Å². The van der Waals surface area contributed by atoms with Crippen LogP contribution < -0.4 is 15.4 Å². The fraction of sp³-hybridized carbons (Fsp3) is 0.375. The van der Waals surface area contributed by atoms with Crippen LogP contribution in [0.3, 0.4) is 0 Å². The van der Waals surface area contributed by atoms with E-state index < -0.39 is 23.0 Å². The number of hydrogen-bond acceptors (Lipinski definition) is 6. The molecule has 0 aromatic heterocycles. The number of allylic oxidation sites excluding steroid dienone is 1. The fourth-order valence-corrected chi connectivity index (χ4v) is 2.57. The van der Waals surface area contributed by atoms with E-state index in [2.05, 4.69) is 10.6 Å². The number of nitro groups is 1. The van der Waals surface area contributed by atoms with Crippen molar-refractivity contribution in [1.29, 1.82) is 0 Å². The van der Waals surface area contributed by atoms with Crippen molar-refractivity contribution in [2.24, 2.45) is 0 Å². The molecule has 25 heavy (non-hydrogen) atoms. The number of ether oxygens (including phenoxy) is 2. The van der Waals surface area contributed by atoms with Crippen LogP contribution in [0, 0.1) is 10.1 Å². The maximum atomic E-state index is 12.3. The Bertz CT molecular complexity index is 743. The molecule has 1 unspecified atom stereocenters. The Hall–Kier alpha value is -3.10. The van der Waals surface area contributed by atoms with Gasteiger partial charge in [-0.1, -0.05) is 0 Å². The SMILES string of the molecule is CCOC(=O)C1=C(C)NC(=O)NC1c1cc([N+](=O)[O-])ccc1OCC. The summed E-state index contributed by atoms with van der Waals surface area (Å²) in [6.07, 6.45) is 0. The Morgan fingerprint density at radius 2 is 2.04 bits per heavy atom. The normalized spacial score (nSPS) is 16.8. The molecular formula is C16H19N3O6. The van der Waals surface area contributed by atoms with E-state index in [1.807, 2.05) is 0 Å². The van der Waals surface area contributed by atoms with Gasteiger partial charge >= 0.3 is 12.0 Å². The molecular weight excluding hydrogens is 330 g/mol. The molecule has 1 aliphatic heterocycles. The zero-order valence-electron chi connectivity index (χ0n) is 14.1. The van der Waals surface area contributed by atoms with Gasteiger partial charge < -0.3 is 20.1 Å². The zero-order valence-corrected chi connectivity index (χ0v) is 14.1. The second kappa shape index (κ2) is 7.65. The van der Waals surface area contributed by atoms with Crippen molar-refractivity contribution in [2.45, 2.75) is 26.8 Å². The highest BCUT2D eigenvalue weighted by atomic mass is 16.6. The first kappa shape index (κ1) is 18.2. The number of hydrogen-bond donors (Lipinski definition) is 2. The van der Waals surface area contributed by atoms with E-state index in [1.54, 1.807) is 20.8 Å². The molecule has 134 valence electrons. The average Bonchev–Trinajstić information content (AvgIpc) is 2.54. The maximum absolute atomic E-state index is 12.3. The van der Waals surface area contributed by atoms with Crippen LogP contribution in [0.25, 0.3) is 0 Å². The van der Waals surface area contributed by atoms with Crippen LogP contribution in [0.15, 0.2) is 29.5 Å². The molecule has 0 saturated heterocycles. The minimum atomic E-state index is -0.922. The van der Waals surface area contributed by atoms with Crippen LogP contribution in [-0.4, -0.2) is 30.1 Å². The summed E-state index contributed by atoms with van der Waals surface area (Å²) >= 11 is 0. The molecule has 0 radical (unpaired) electrons. The van der Waals surface area contributed by atoms with Gasteiger partial charge in [-0.25, -0.2) is 9.59 Å². The highest BCUT2D eigenvalue weighted by Gasteiger charge is 2.34. The smallest absolute Gasteiger partial charge is 0.338 e. The van der Waals surface area contributed by atoms with E-state index in [1.165, 1.54) is 18.2 Å². The van der Waals surface area contributed by atoms with Gasteiger partial charge in [0.1, 0.15) is 5.75 Å². The molecule has 1 aromatic rings. The number of urea groups is 1. The predicted molar refractivity (Wildman–Crippen MR) is 88.0 cm³/mol. The fourth-order valence-electron chi connectivity index (χ4n) is 2.57. The Balaban J connectivity index is 2.60. The third-order valence-corrected chi connectivity index (χ3v) is 3.58. The largest absolute Gasteiger partial charge is 0.493 e. The van der Waals surface area contributed by atoms with E-state index in [-0.39, 0.29) is 17.9 Å². The summed E-state index contributed by atoms with van der Waals surface area (Å²) in [5, 5.41) is 16.2. The minimum absolute atomic E-state index is 0.156. The van der Waals surface area contributed by atoms with Crippen molar-refractivity contribution in [1.82, 2.24) is 10.6 Å². The van der Waals surface area contributed by atoms with E-state index >= 15 is 0 Å². The number of non-ortho nitro benzene ring substituents is 1. The summed E-state index contributed by atoms with van der Waals surface area (Å²) in [6, 6.07) is 2.59. The monoisotopic (exact) mass is 349 g/mol. The predicted octanol–water partition coefficient (Wildman–Crippen LogP) is 2.18. The van der Waals surface area contributed by atoms with E-state index in [9.17, 15) is 19.7 Å². The first-order chi connectivity index (χ1) is 11.9. The number of nitrogens with one attached hydrogen (secondary N) is 2. The number of esters is 1. The highest BCUT2D eigenvalue weighted by Crippen LogP contribution is 2.36. The van der Waals surface area contributed by atoms with Crippen molar-refractivity contribution in [3.8, 4) is 5.75 Å². The number of nitrogens with zero attached hydrogens (tertiary/aromatic N) is 1. The molecule has 1 heterocycles. The van der Waals surface area contributed by atoms with Crippen LogP contribution >= 0.6 is 0 Å². The minimum Gasteiger partial charge on any atom is -0.493 e. The van der Waals surface area contributed by atoms with Gasteiger partial charge in [0.25, 0.3) is 5.69 Å². The standard InChI is InChI=1S/C16H19N3O6/c1-4-24-12-7-6-10(19(22)23)8-11(12)14-13(15(20)25-5-2)9(3)17-16(21)18-14/h6-8,14H,4-5H2,1-3H3,(H2,17,18,21). The van der Waals surface area contributed by atoms with Gasteiger partial charge in [0, 0.05) is 23.4 Å². The summed E-state index contributed by atoms with van der Waals surface area (Å²) in [7, 11) is 0. The van der Waals surface area contributed by atoms with Gasteiger partial charge in [-0.2, -0.15) is 0 Å². The number of benzene rings is 1. The summed E-state index contributed by atoms with van der Waals surface area (Å²) in [5.74, 6) is -0.277. The van der Waals surface area contributed by atoms with E-state index in [4.69, 9.17) is 9.47 Å². The molecule has 2 rings (SSSR count). The first-order valence-electron chi connectivity index (χ1n) is 7.75. The molecule has 2 amide bonds. The third-order valence-electron chi connectivity index (χ3n) is 3.58. The second-order valence-electron chi connectivity index (χ2n) is 5.20. The van der Waals surface area contributed by atoms with Gasteiger partial charge in [0.2, 0.25) is 0 Å². The van der Waals surface area contributed by atoms with Crippen molar-refractivity contribution >= 4 is 17.7 Å². The number of amides is 2. The number of carbonyl (C=O) groups excluding carboxylic acids is 2. The molecule has 2 N–H and O–H groups in total. The number of carbonyl (C=O) groups is 2. The van der Waals surface area contributed by atoms with Crippen LogP contribution in [-0.2, 0) is 9.53 Å². The zero-order chi connectivity index (χ0) is 18.6. The van der Waals surface area contributed by atoms with Crippen LogP contribution in [0.1, 0.15) is 32.4 Å². The lowest BCUT2D eigenvalue weighted by molar-refractivity contribution is -0.385. The average molecular weight is 349 g/mol. The molecule has 0 saturated carbocycles. The third kappa shape index (κ3) is 3.87. The van der Waals surface area contributed by atoms with Gasteiger partial charge in [-0.05, 0) is 26.8 Å².